The van der Waals surface area contributed by atoms with E-state index in [-0.39, 0.29) is 19.6 Å². The first-order chi connectivity index (χ1) is 11.9. The highest BCUT2D eigenvalue weighted by Crippen LogP contribution is 2.15. The van der Waals surface area contributed by atoms with Crippen LogP contribution >= 0.6 is 0 Å². The average Bonchev–Trinajstić information content (AvgIpc) is 2.57. The lowest BCUT2D eigenvalue weighted by molar-refractivity contribution is -0.156. The molecule has 0 unspecified atom stereocenters. The molecule has 25 heavy (non-hydrogen) atoms. The summed E-state index contributed by atoms with van der Waals surface area (Å²) < 4.78 is 10.4. The maximum Gasteiger partial charge on any atom is 0.317 e. The van der Waals surface area contributed by atoms with E-state index in [1.54, 1.807) is 0 Å². The molecule has 0 amide bonds. The highest BCUT2D eigenvalue weighted by Gasteiger charge is 2.14. The fraction of sp³-hybridized carbons (Fsp3) is 0.333. The van der Waals surface area contributed by atoms with Crippen LogP contribution in [0, 0.1) is 27.7 Å². The Morgan fingerprint density at radius 1 is 0.720 bits per heavy atom. The number of rotatable bonds is 6. The first-order valence-electron chi connectivity index (χ1n) is 8.30. The molecule has 0 fully saturated rings. The van der Waals surface area contributed by atoms with Gasteiger partial charge in [-0.1, -0.05) is 36.4 Å². The summed E-state index contributed by atoms with van der Waals surface area (Å²) in [5, 5.41) is 0. The maximum absolute atomic E-state index is 11.8. The lowest BCUT2D eigenvalue weighted by atomic mass is 10.0. The zero-order valence-corrected chi connectivity index (χ0v) is 15.2. The summed E-state index contributed by atoms with van der Waals surface area (Å²) in [6.45, 7) is 8.30. The zero-order valence-electron chi connectivity index (χ0n) is 15.2. The van der Waals surface area contributed by atoms with Crippen molar-refractivity contribution in [3.8, 4) is 0 Å². The molecule has 2 rings (SSSR count). The van der Waals surface area contributed by atoms with Crippen LogP contribution in [0.4, 0.5) is 0 Å². The van der Waals surface area contributed by atoms with E-state index in [9.17, 15) is 9.59 Å². The quantitative estimate of drug-likeness (QED) is 0.587. The Bertz CT molecular complexity index is 712. The molecule has 4 heteroatoms. The second kappa shape index (κ2) is 8.47. The number of carbonyl (C=O) groups excluding carboxylic acids is 2. The fourth-order valence-electron chi connectivity index (χ4n) is 2.47. The number of ether oxygens (including phenoxy) is 2. The predicted molar refractivity (Wildman–Crippen MR) is 96.0 cm³/mol. The van der Waals surface area contributed by atoms with Crippen LogP contribution in [0.5, 0.6) is 0 Å². The van der Waals surface area contributed by atoms with Crippen molar-refractivity contribution < 1.29 is 19.1 Å². The van der Waals surface area contributed by atoms with Crippen LogP contribution in [0.2, 0.25) is 0 Å². The van der Waals surface area contributed by atoms with Gasteiger partial charge in [-0.3, -0.25) is 9.59 Å². The first kappa shape index (κ1) is 18.7. The van der Waals surface area contributed by atoms with E-state index in [4.69, 9.17) is 9.47 Å². The third-order valence-electron chi connectivity index (χ3n) is 4.50. The van der Waals surface area contributed by atoms with Crippen molar-refractivity contribution in [1.82, 2.24) is 0 Å². The Balaban J connectivity index is 1.81. The van der Waals surface area contributed by atoms with E-state index in [0.717, 1.165) is 33.4 Å². The van der Waals surface area contributed by atoms with Crippen LogP contribution in [0.3, 0.4) is 0 Å². The van der Waals surface area contributed by atoms with Crippen molar-refractivity contribution >= 4 is 11.9 Å². The summed E-state index contributed by atoms with van der Waals surface area (Å²) in [5.74, 6) is -1.15. The molecular weight excluding hydrogens is 316 g/mol. The molecular formula is C21H24O4. The van der Waals surface area contributed by atoms with Gasteiger partial charge in [0, 0.05) is 0 Å². The molecule has 0 heterocycles. The number of hydrogen-bond acceptors (Lipinski definition) is 4. The van der Waals surface area contributed by atoms with Crippen molar-refractivity contribution in [2.45, 2.75) is 47.3 Å². The number of hydrogen-bond donors (Lipinski definition) is 0. The van der Waals surface area contributed by atoms with Gasteiger partial charge in [0.2, 0.25) is 0 Å². The van der Waals surface area contributed by atoms with Gasteiger partial charge < -0.3 is 9.47 Å². The van der Waals surface area contributed by atoms with E-state index in [1.807, 2.05) is 64.1 Å². The minimum atomic E-state index is -0.577. The summed E-state index contributed by atoms with van der Waals surface area (Å²) in [5.41, 5.74) is 6.35. The molecule has 2 aromatic rings. The smallest absolute Gasteiger partial charge is 0.317 e. The second-order valence-electron chi connectivity index (χ2n) is 6.22. The van der Waals surface area contributed by atoms with Gasteiger partial charge in [0.15, 0.2) is 0 Å². The standard InChI is InChI=1S/C21H24O4/c1-14-7-5-9-18(16(14)3)12-24-20(22)11-21(23)25-13-19-10-6-8-15(2)17(19)4/h5-10H,11-13H2,1-4H3. The third-order valence-corrected chi connectivity index (χ3v) is 4.50. The molecule has 0 radical (unpaired) electrons. The topological polar surface area (TPSA) is 52.6 Å². The molecule has 0 saturated heterocycles. The molecule has 0 saturated carbocycles. The normalized spacial score (nSPS) is 10.4. The van der Waals surface area contributed by atoms with Gasteiger partial charge in [-0.25, -0.2) is 0 Å². The minimum absolute atomic E-state index is 0.163. The average molecular weight is 340 g/mol. The van der Waals surface area contributed by atoms with Gasteiger partial charge in [0.1, 0.15) is 19.6 Å². The second-order valence-corrected chi connectivity index (χ2v) is 6.22. The van der Waals surface area contributed by atoms with Crippen molar-refractivity contribution in [3.05, 3.63) is 69.8 Å². The van der Waals surface area contributed by atoms with E-state index < -0.39 is 11.9 Å². The first-order valence-corrected chi connectivity index (χ1v) is 8.30. The predicted octanol–water partition coefficient (Wildman–Crippen LogP) is 4.10. The van der Waals surface area contributed by atoms with E-state index in [1.165, 1.54) is 0 Å². The van der Waals surface area contributed by atoms with Gasteiger partial charge in [-0.15, -0.1) is 0 Å². The van der Waals surface area contributed by atoms with Gasteiger partial charge in [0.05, 0.1) is 0 Å². The molecule has 0 aliphatic heterocycles. The molecule has 4 nitrogen and oxygen atoms in total. The number of benzene rings is 2. The molecule has 0 aliphatic rings. The van der Waals surface area contributed by atoms with Crippen LogP contribution in [-0.4, -0.2) is 11.9 Å². The van der Waals surface area contributed by atoms with E-state index in [0.29, 0.717) is 0 Å². The van der Waals surface area contributed by atoms with Gasteiger partial charge in [-0.05, 0) is 61.1 Å². The molecule has 0 spiro atoms. The van der Waals surface area contributed by atoms with Gasteiger partial charge in [-0.2, -0.15) is 0 Å². The molecule has 0 atom stereocenters. The monoisotopic (exact) mass is 340 g/mol. The molecule has 2 aromatic carbocycles. The highest BCUT2D eigenvalue weighted by atomic mass is 16.6. The Morgan fingerprint density at radius 3 is 1.52 bits per heavy atom. The summed E-state index contributed by atoms with van der Waals surface area (Å²) in [7, 11) is 0. The maximum atomic E-state index is 11.8. The Labute approximate surface area is 148 Å². The third kappa shape index (κ3) is 5.18. The Hall–Kier alpha value is -2.62. The Kier molecular flexibility index (Phi) is 6.34. The summed E-state index contributed by atoms with van der Waals surface area (Å²) in [6, 6.07) is 11.7. The fourth-order valence-corrected chi connectivity index (χ4v) is 2.47. The van der Waals surface area contributed by atoms with Crippen LogP contribution < -0.4 is 0 Å². The van der Waals surface area contributed by atoms with Crippen molar-refractivity contribution in [2.24, 2.45) is 0 Å². The van der Waals surface area contributed by atoms with Gasteiger partial charge >= 0.3 is 11.9 Å². The SMILES string of the molecule is Cc1cccc(COC(=O)CC(=O)OCc2cccc(C)c2C)c1C. The van der Waals surface area contributed by atoms with Crippen molar-refractivity contribution in [1.29, 1.82) is 0 Å². The number of carbonyl (C=O) groups is 2. The zero-order chi connectivity index (χ0) is 18.4. The largest absolute Gasteiger partial charge is 0.460 e. The molecule has 0 aromatic heterocycles. The molecule has 0 bridgehead atoms. The summed E-state index contributed by atoms with van der Waals surface area (Å²) in [6.07, 6.45) is -0.379. The van der Waals surface area contributed by atoms with E-state index in [2.05, 4.69) is 0 Å². The number of aryl methyl sites for hydroxylation is 2. The molecule has 132 valence electrons. The molecule has 0 N–H and O–H groups in total. The Morgan fingerprint density at radius 2 is 1.12 bits per heavy atom. The number of esters is 2. The lowest BCUT2D eigenvalue weighted by Gasteiger charge is -2.11. The van der Waals surface area contributed by atoms with Crippen LogP contribution in [0.1, 0.15) is 39.8 Å². The minimum Gasteiger partial charge on any atom is -0.460 e. The van der Waals surface area contributed by atoms with E-state index >= 15 is 0 Å². The van der Waals surface area contributed by atoms with Crippen molar-refractivity contribution in [3.63, 3.8) is 0 Å². The summed E-state index contributed by atoms with van der Waals surface area (Å²) >= 11 is 0. The van der Waals surface area contributed by atoms with Crippen molar-refractivity contribution in [2.75, 3.05) is 0 Å². The highest BCUT2D eigenvalue weighted by molar-refractivity contribution is 5.91. The van der Waals surface area contributed by atoms with Crippen LogP contribution in [0.25, 0.3) is 0 Å². The van der Waals surface area contributed by atoms with Crippen LogP contribution in [-0.2, 0) is 32.3 Å². The summed E-state index contributed by atoms with van der Waals surface area (Å²) in [4.78, 5) is 23.7. The van der Waals surface area contributed by atoms with Crippen LogP contribution in [0.15, 0.2) is 36.4 Å². The molecule has 0 aliphatic carbocycles. The van der Waals surface area contributed by atoms with Gasteiger partial charge in [0.25, 0.3) is 0 Å². The lowest BCUT2D eigenvalue weighted by Crippen LogP contribution is -2.14.